The highest BCUT2D eigenvalue weighted by atomic mass is 32.1. The fourth-order valence-corrected chi connectivity index (χ4v) is 3.18. The number of thiocarbonyl (C=S) groups is 1. The van der Waals surface area contributed by atoms with Gasteiger partial charge in [-0.05, 0) is 31.1 Å². The second-order valence-corrected chi connectivity index (χ2v) is 6.02. The van der Waals surface area contributed by atoms with E-state index in [9.17, 15) is 0 Å². The molecule has 0 bridgehead atoms. The Morgan fingerprint density at radius 1 is 1.36 bits per heavy atom. The molecule has 0 atom stereocenters. The molecule has 1 aromatic carbocycles. The average Bonchev–Trinajstić information content (AvgIpc) is 3.15. The minimum atomic E-state index is 0.496. The van der Waals surface area contributed by atoms with Crippen LogP contribution in [0.15, 0.2) is 33.8 Å². The van der Waals surface area contributed by atoms with Gasteiger partial charge in [-0.15, -0.1) is 0 Å². The molecule has 2 aromatic rings. The third-order valence-corrected chi connectivity index (χ3v) is 4.29. The Morgan fingerprint density at radius 3 is 2.91 bits per heavy atom. The van der Waals surface area contributed by atoms with Gasteiger partial charge in [0.25, 0.3) is 0 Å². The molecule has 0 aliphatic heterocycles. The maximum absolute atomic E-state index is 5.85. The number of aryl methyl sites for hydroxylation is 1. The predicted octanol–water partition coefficient (Wildman–Crippen LogP) is 3.74. The summed E-state index contributed by atoms with van der Waals surface area (Å²) in [5.41, 5.74) is 4.83. The molecule has 0 spiro atoms. The summed E-state index contributed by atoms with van der Waals surface area (Å²) in [5.74, 6) is 0.946. The first-order valence-electron chi connectivity index (χ1n) is 7.88. The minimum absolute atomic E-state index is 0.496. The van der Waals surface area contributed by atoms with E-state index in [1.807, 2.05) is 18.2 Å². The summed E-state index contributed by atoms with van der Waals surface area (Å²) in [6.07, 6.45) is 7.58. The lowest BCUT2D eigenvalue weighted by Gasteiger charge is -2.12. The molecule has 116 valence electrons. The number of para-hydroxylation sites is 1. The Kier molecular flexibility index (Phi) is 4.73. The van der Waals surface area contributed by atoms with E-state index in [1.54, 1.807) is 6.21 Å². The smallest absolute Gasteiger partial charge is 0.187 e. The summed E-state index contributed by atoms with van der Waals surface area (Å²) in [7, 11) is 0. The standard InChI is InChI=1S/C17H21N3OS/c1-2-15-14(13-9-5-6-10-16(13)21-15)11-18-20-17(22)19-12-7-3-4-8-12/h5-6,9-12H,2-4,7-8H2,1H3,(H2,19,20,22)/b18-11-. The molecule has 1 aliphatic carbocycles. The number of hydrazone groups is 1. The first kappa shape index (κ1) is 15.0. The van der Waals surface area contributed by atoms with E-state index in [1.165, 1.54) is 25.7 Å². The Hall–Kier alpha value is -1.88. The molecule has 22 heavy (non-hydrogen) atoms. The zero-order chi connectivity index (χ0) is 15.4. The van der Waals surface area contributed by atoms with Crippen molar-refractivity contribution in [3.05, 3.63) is 35.6 Å². The molecule has 2 N–H and O–H groups in total. The second kappa shape index (κ2) is 6.92. The Morgan fingerprint density at radius 2 is 2.14 bits per heavy atom. The van der Waals surface area contributed by atoms with Crippen molar-refractivity contribution < 1.29 is 4.42 Å². The van der Waals surface area contributed by atoms with Crippen LogP contribution in [0.1, 0.15) is 43.9 Å². The van der Waals surface area contributed by atoms with Crippen molar-refractivity contribution in [1.82, 2.24) is 10.7 Å². The number of fused-ring (bicyclic) bond motifs is 1. The van der Waals surface area contributed by atoms with Gasteiger partial charge in [-0.3, -0.25) is 5.43 Å². The summed E-state index contributed by atoms with van der Waals surface area (Å²) in [6, 6.07) is 8.51. The van der Waals surface area contributed by atoms with Gasteiger partial charge in [0.2, 0.25) is 0 Å². The largest absolute Gasteiger partial charge is 0.460 e. The zero-order valence-electron chi connectivity index (χ0n) is 12.8. The van der Waals surface area contributed by atoms with Gasteiger partial charge in [0.05, 0.1) is 6.21 Å². The zero-order valence-corrected chi connectivity index (χ0v) is 13.6. The summed E-state index contributed by atoms with van der Waals surface area (Å²) < 4.78 is 5.85. The van der Waals surface area contributed by atoms with Crippen LogP contribution in [0.2, 0.25) is 0 Å². The molecule has 1 fully saturated rings. The van der Waals surface area contributed by atoms with Gasteiger partial charge in [0, 0.05) is 23.4 Å². The van der Waals surface area contributed by atoms with Crippen LogP contribution in [0.4, 0.5) is 0 Å². The van der Waals surface area contributed by atoms with Crippen molar-refractivity contribution in [2.24, 2.45) is 5.10 Å². The van der Waals surface area contributed by atoms with Crippen LogP contribution in [-0.2, 0) is 6.42 Å². The van der Waals surface area contributed by atoms with Gasteiger partial charge in [-0.2, -0.15) is 5.10 Å². The molecule has 4 nitrogen and oxygen atoms in total. The highest BCUT2D eigenvalue weighted by Gasteiger charge is 2.15. The highest BCUT2D eigenvalue weighted by molar-refractivity contribution is 7.80. The molecule has 1 aromatic heterocycles. The molecule has 0 saturated heterocycles. The topological polar surface area (TPSA) is 49.6 Å². The van der Waals surface area contributed by atoms with Crippen LogP contribution in [0, 0.1) is 0 Å². The number of nitrogens with one attached hydrogen (secondary N) is 2. The van der Waals surface area contributed by atoms with Gasteiger partial charge in [-0.1, -0.05) is 38.0 Å². The van der Waals surface area contributed by atoms with Crippen LogP contribution < -0.4 is 10.7 Å². The van der Waals surface area contributed by atoms with E-state index < -0.39 is 0 Å². The predicted molar refractivity (Wildman–Crippen MR) is 94.3 cm³/mol. The number of rotatable bonds is 4. The Balaban J connectivity index is 1.68. The van der Waals surface area contributed by atoms with Crippen molar-refractivity contribution in [2.75, 3.05) is 0 Å². The van der Waals surface area contributed by atoms with Crippen LogP contribution in [0.5, 0.6) is 0 Å². The Labute approximate surface area is 136 Å². The lowest BCUT2D eigenvalue weighted by molar-refractivity contribution is 0.556. The van der Waals surface area contributed by atoms with Crippen molar-refractivity contribution in [2.45, 2.75) is 45.1 Å². The third kappa shape index (κ3) is 3.30. The van der Waals surface area contributed by atoms with Crippen LogP contribution in [0.3, 0.4) is 0 Å². The molecule has 3 rings (SSSR count). The van der Waals surface area contributed by atoms with Gasteiger partial charge in [0.15, 0.2) is 5.11 Å². The molecule has 1 heterocycles. The average molecular weight is 315 g/mol. The third-order valence-electron chi connectivity index (χ3n) is 4.08. The Bertz CT molecular complexity index is 686. The van der Waals surface area contributed by atoms with E-state index in [-0.39, 0.29) is 0 Å². The first-order chi connectivity index (χ1) is 10.8. The van der Waals surface area contributed by atoms with Crippen molar-refractivity contribution in [3.63, 3.8) is 0 Å². The van der Waals surface area contributed by atoms with Gasteiger partial charge in [-0.25, -0.2) is 0 Å². The number of hydrogen-bond donors (Lipinski definition) is 2. The molecular weight excluding hydrogens is 294 g/mol. The fraction of sp³-hybridized carbons (Fsp3) is 0.412. The second-order valence-electron chi connectivity index (χ2n) is 5.61. The lowest BCUT2D eigenvalue weighted by Crippen LogP contribution is -2.38. The number of nitrogens with zero attached hydrogens (tertiary/aromatic N) is 1. The van der Waals surface area contributed by atoms with Crippen molar-refractivity contribution in [3.8, 4) is 0 Å². The summed E-state index contributed by atoms with van der Waals surface area (Å²) in [5, 5.41) is 9.26. The molecule has 0 radical (unpaired) electrons. The lowest BCUT2D eigenvalue weighted by atomic mass is 10.1. The molecule has 0 amide bonds. The monoisotopic (exact) mass is 315 g/mol. The summed E-state index contributed by atoms with van der Waals surface area (Å²) >= 11 is 5.28. The SMILES string of the molecule is CCc1oc2ccccc2c1/C=N\NC(=S)NC1CCCC1. The molecular formula is C17H21N3OS. The van der Waals surface area contributed by atoms with Crippen LogP contribution in [0.25, 0.3) is 11.0 Å². The summed E-state index contributed by atoms with van der Waals surface area (Å²) in [4.78, 5) is 0. The fourth-order valence-electron chi connectivity index (χ4n) is 2.96. The minimum Gasteiger partial charge on any atom is -0.460 e. The van der Waals surface area contributed by atoms with E-state index in [2.05, 4.69) is 28.8 Å². The van der Waals surface area contributed by atoms with Crippen LogP contribution in [-0.4, -0.2) is 17.4 Å². The number of furan rings is 1. The number of benzene rings is 1. The van der Waals surface area contributed by atoms with E-state index in [0.29, 0.717) is 11.2 Å². The highest BCUT2D eigenvalue weighted by Crippen LogP contribution is 2.24. The molecule has 5 heteroatoms. The molecule has 0 unspecified atom stereocenters. The van der Waals surface area contributed by atoms with E-state index in [4.69, 9.17) is 16.6 Å². The van der Waals surface area contributed by atoms with Crippen molar-refractivity contribution in [1.29, 1.82) is 0 Å². The maximum Gasteiger partial charge on any atom is 0.187 e. The van der Waals surface area contributed by atoms with E-state index >= 15 is 0 Å². The molecule has 1 aliphatic rings. The van der Waals surface area contributed by atoms with Crippen molar-refractivity contribution >= 4 is 34.5 Å². The van der Waals surface area contributed by atoms with E-state index in [0.717, 1.165) is 28.7 Å². The molecule has 1 saturated carbocycles. The summed E-state index contributed by atoms with van der Waals surface area (Å²) in [6.45, 7) is 2.08. The van der Waals surface area contributed by atoms with Gasteiger partial charge < -0.3 is 9.73 Å². The quantitative estimate of drug-likeness (QED) is 0.513. The first-order valence-corrected chi connectivity index (χ1v) is 8.28. The van der Waals surface area contributed by atoms with Crippen LogP contribution >= 0.6 is 12.2 Å². The van der Waals surface area contributed by atoms with Gasteiger partial charge in [0.1, 0.15) is 11.3 Å². The normalized spacial score (nSPS) is 15.7. The maximum atomic E-state index is 5.85. The van der Waals surface area contributed by atoms with Gasteiger partial charge >= 0.3 is 0 Å². The number of hydrogen-bond acceptors (Lipinski definition) is 3.